The molecule has 3 aromatic carbocycles. The molecule has 0 aliphatic carbocycles. The van der Waals surface area contributed by atoms with E-state index in [-0.39, 0.29) is 15.6 Å². The lowest BCUT2D eigenvalue weighted by molar-refractivity contribution is -0.120. The molecule has 8 heteroatoms. The molecule has 5 nitrogen and oxygen atoms in total. The van der Waals surface area contributed by atoms with E-state index in [2.05, 4.69) is 5.32 Å². The number of imide groups is 1. The monoisotopic (exact) mass is 454 g/mol. The van der Waals surface area contributed by atoms with Gasteiger partial charge in [0.15, 0.2) is 0 Å². The van der Waals surface area contributed by atoms with Gasteiger partial charge >= 0.3 is 0 Å². The number of amides is 2. The Morgan fingerprint density at radius 2 is 1.68 bits per heavy atom. The number of carbonyl (C=O) groups is 2. The van der Waals surface area contributed by atoms with Gasteiger partial charge in [0, 0.05) is 10.6 Å². The maximum absolute atomic E-state index is 13.5. The van der Waals surface area contributed by atoms with Crippen molar-refractivity contribution in [2.45, 2.75) is 4.90 Å². The number of nitrogens with zero attached hydrogens (tertiary/aromatic N) is 1. The third-order valence-electron chi connectivity index (χ3n) is 4.52. The van der Waals surface area contributed by atoms with Crippen LogP contribution in [0, 0.1) is 5.82 Å². The molecule has 0 bridgehead atoms. The van der Waals surface area contributed by atoms with Crippen molar-refractivity contribution in [3.05, 3.63) is 94.2 Å². The second-order valence-electron chi connectivity index (χ2n) is 6.52. The predicted octanol–water partition coefficient (Wildman–Crippen LogP) is 5.48. The van der Waals surface area contributed by atoms with Gasteiger partial charge in [0.25, 0.3) is 11.8 Å². The Morgan fingerprint density at radius 1 is 0.968 bits per heavy atom. The predicted molar refractivity (Wildman–Crippen MR) is 120 cm³/mol. The number of nitrogens with one attached hydrogen (secondary N) is 1. The summed E-state index contributed by atoms with van der Waals surface area (Å²) in [5, 5.41) is 2.86. The standard InChI is InChI=1S/C23H16ClFN2O3S/c1-30-16-10-8-15(9-11-16)27-22(28)20(26-14-7-12-19(25)18(24)13-14)21(23(27)29)31-17-5-3-2-4-6-17/h2-13,26H,1H3. The minimum absolute atomic E-state index is 0.0911. The molecule has 0 aromatic heterocycles. The van der Waals surface area contributed by atoms with E-state index in [1.807, 2.05) is 30.3 Å². The van der Waals surface area contributed by atoms with Gasteiger partial charge in [-0.1, -0.05) is 41.6 Å². The summed E-state index contributed by atoms with van der Waals surface area (Å²) < 4.78 is 18.7. The first-order chi connectivity index (χ1) is 15.0. The van der Waals surface area contributed by atoms with Crippen LogP contribution in [0.3, 0.4) is 0 Å². The van der Waals surface area contributed by atoms with Crippen LogP contribution in [-0.2, 0) is 9.59 Å². The van der Waals surface area contributed by atoms with E-state index in [1.54, 1.807) is 24.3 Å². The van der Waals surface area contributed by atoms with Crippen LogP contribution in [0.25, 0.3) is 0 Å². The van der Waals surface area contributed by atoms with Gasteiger partial charge in [0.1, 0.15) is 22.2 Å². The molecule has 156 valence electrons. The summed E-state index contributed by atoms with van der Waals surface area (Å²) in [4.78, 5) is 28.6. The van der Waals surface area contributed by atoms with Gasteiger partial charge in [0.2, 0.25) is 0 Å². The van der Waals surface area contributed by atoms with Crippen LogP contribution in [0.1, 0.15) is 0 Å². The smallest absolute Gasteiger partial charge is 0.283 e. The first-order valence-corrected chi connectivity index (χ1v) is 10.4. The zero-order valence-electron chi connectivity index (χ0n) is 16.3. The highest BCUT2D eigenvalue weighted by Gasteiger charge is 2.40. The molecule has 31 heavy (non-hydrogen) atoms. The lowest BCUT2D eigenvalue weighted by Gasteiger charge is -2.15. The lowest BCUT2D eigenvalue weighted by Crippen LogP contribution is -2.32. The topological polar surface area (TPSA) is 58.6 Å². The number of methoxy groups -OCH3 is 1. The molecule has 0 spiro atoms. The zero-order valence-corrected chi connectivity index (χ0v) is 17.8. The number of hydrogen-bond donors (Lipinski definition) is 1. The van der Waals surface area contributed by atoms with Gasteiger partial charge < -0.3 is 10.1 Å². The fraction of sp³-hybridized carbons (Fsp3) is 0.0435. The summed E-state index contributed by atoms with van der Waals surface area (Å²) in [6.07, 6.45) is 0. The minimum Gasteiger partial charge on any atom is -0.497 e. The van der Waals surface area contributed by atoms with Crippen LogP contribution in [0.2, 0.25) is 5.02 Å². The molecule has 0 radical (unpaired) electrons. The zero-order chi connectivity index (χ0) is 22.0. The summed E-state index contributed by atoms with van der Waals surface area (Å²) in [7, 11) is 1.53. The molecule has 0 saturated heterocycles. The van der Waals surface area contributed by atoms with E-state index in [1.165, 1.54) is 37.1 Å². The van der Waals surface area contributed by atoms with Crippen molar-refractivity contribution in [2.75, 3.05) is 17.3 Å². The molecule has 0 fully saturated rings. The maximum atomic E-state index is 13.5. The highest BCUT2D eigenvalue weighted by molar-refractivity contribution is 8.04. The molecule has 2 amide bonds. The largest absolute Gasteiger partial charge is 0.497 e. The first kappa shape index (κ1) is 21.0. The molecule has 1 N–H and O–H groups in total. The maximum Gasteiger partial charge on any atom is 0.283 e. The van der Waals surface area contributed by atoms with Gasteiger partial charge in [0.05, 0.1) is 17.8 Å². The van der Waals surface area contributed by atoms with Gasteiger partial charge in [-0.15, -0.1) is 0 Å². The molecule has 1 aliphatic heterocycles. The van der Waals surface area contributed by atoms with Crippen molar-refractivity contribution >= 4 is 46.6 Å². The Morgan fingerprint density at radius 3 is 2.32 bits per heavy atom. The number of rotatable bonds is 6. The second-order valence-corrected chi connectivity index (χ2v) is 8.01. The van der Waals surface area contributed by atoms with E-state index < -0.39 is 17.6 Å². The summed E-state index contributed by atoms with van der Waals surface area (Å²) >= 11 is 7.05. The summed E-state index contributed by atoms with van der Waals surface area (Å²) in [5.41, 5.74) is 0.901. The van der Waals surface area contributed by atoms with Crippen LogP contribution < -0.4 is 15.0 Å². The van der Waals surface area contributed by atoms with Crippen LogP contribution in [0.15, 0.2) is 88.3 Å². The summed E-state index contributed by atoms with van der Waals surface area (Å²) in [6, 6.07) is 19.9. The lowest BCUT2D eigenvalue weighted by atomic mass is 10.2. The molecule has 1 aliphatic rings. The number of anilines is 2. The number of halogens is 2. The normalized spacial score (nSPS) is 13.7. The molecular formula is C23H16ClFN2O3S. The van der Waals surface area contributed by atoms with Crippen LogP contribution in [-0.4, -0.2) is 18.9 Å². The first-order valence-electron chi connectivity index (χ1n) is 9.20. The number of ether oxygens (including phenoxy) is 1. The van der Waals surface area contributed by atoms with Crippen molar-refractivity contribution < 1.29 is 18.7 Å². The SMILES string of the molecule is COc1ccc(N2C(=O)C(Nc3ccc(F)c(Cl)c3)=C(Sc3ccccc3)C2=O)cc1. The average molecular weight is 455 g/mol. The molecule has 0 atom stereocenters. The molecule has 1 heterocycles. The molecule has 0 saturated carbocycles. The highest BCUT2D eigenvalue weighted by atomic mass is 35.5. The van der Waals surface area contributed by atoms with Crippen LogP contribution in [0.5, 0.6) is 5.75 Å². The van der Waals surface area contributed by atoms with Crippen LogP contribution >= 0.6 is 23.4 Å². The second kappa shape index (κ2) is 8.83. The Balaban J connectivity index is 1.73. The van der Waals surface area contributed by atoms with E-state index in [9.17, 15) is 14.0 Å². The summed E-state index contributed by atoms with van der Waals surface area (Å²) in [5.74, 6) is -0.948. The van der Waals surface area contributed by atoms with Crippen molar-refractivity contribution in [1.82, 2.24) is 0 Å². The third kappa shape index (κ3) is 4.28. The molecular weight excluding hydrogens is 439 g/mol. The van der Waals surface area contributed by atoms with Crippen molar-refractivity contribution in [1.29, 1.82) is 0 Å². The minimum atomic E-state index is -0.575. The quantitative estimate of drug-likeness (QED) is 0.500. The van der Waals surface area contributed by atoms with Gasteiger partial charge in [-0.3, -0.25) is 9.59 Å². The van der Waals surface area contributed by atoms with E-state index in [0.717, 1.165) is 9.80 Å². The number of hydrogen-bond acceptors (Lipinski definition) is 5. The molecule has 3 aromatic rings. The highest BCUT2D eigenvalue weighted by Crippen LogP contribution is 2.38. The van der Waals surface area contributed by atoms with E-state index in [0.29, 0.717) is 17.1 Å². The van der Waals surface area contributed by atoms with Crippen LogP contribution in [0.4, 0.5) is 15.8 Å². The van der Waals surface area contributed by atoms with Gasteiger partial charge in [-0.2, -0.15) is 0 Å². The molecule has 4 rings (SSSR count). The fourth-order valence-electron chi connectivity index (χ4n) is 3.00. The number of thioether (sulfide) groups is 1. The average Bonchev–Trinajstić information content (AvgIpc) is 3.01. The Labute approximate surface area is 187 Å². The fourth-order valence-corrected chi connectivity index (χ4v) is 4.13. The Bertz CT molecular complexity index is 1180. The Hall–Kier alpha value is -3.29. The van der Waals surface area contributed by atoms with Gasteiger partial charge in [-0.25, -0.2) is 9.29 Å². The van der Waals surface area contributed by atoms with Gasteiger partial charge in [-0.05, 0) is 54.6 Å². The third-order valence-corrected chi connectivity index (χ3v) is 5.90. The van der Waals surface area contributed by atoms with Crippen molar-refractivity contribution in [2.24, 2.45) is 0 Å². The summed E-state index contributed by atoms with van der Waals surface area (Å²) in [6.45, 7) is 0. The number of benzene rings is 3. The van der Waals surface area contributed by atoms with Crippen molar-refractivity contribution in [3.63, 3.8) is 0 Å². The molecule has 0 unspecified atom stereocenters. The Kier molecular flexibility index (Phi) is 5.97. The van der Waals surface area contributed by atoms with Crippen molar-refractivity contribution in [3.8, 4) is 5.75 Å². The van der Waals surface area contributed by atoms with E-state index >= 15 is 0 Å². The van der Waals surface area contributed by atoms with E-state index in [4.69, 9.17) is 16.3 Å². The number of carbonyl (C=O) groups excluding carboxylic acids is 2.